The molecule has 5 nitrogen and oxygen atoms in total. The first-order chi connectivity index (χ1) is 13.4. The predicted molar refractivity (Wildman–Crippen MR) is 108 cm³/mol. The lowest BCUT2D eigenvalue weighted by Crippen LogP contribution is -2.03. The zero-order valence-electron chi connectivity index (χ0n) is 14.5. The number of hydrogen-bond acceptors (Lipinski definition) is 5. The average Bonchev–Trinajstić information content (AvgIpc) is 2.76. The van der Waals surface area contributed by atoms with Crippen LogP contribution in [0.1, 0.15) is 5.56 Å². The molecule has 4 aromatic rings. The molecular weight excluding hydrogens is 334 g/mol. The third kappa shape index (κ3) is 4.04. The van der Waals surface area contributed by atoms with Crippen LogP contribution < -0.4 is 5.43 Å². The number of rotatable bonds is 5. The minimum atomic E-state index is 0.348. The lowest BCUT2D eigenvalue weighted by molar-refractivity contribution is 0.973. The van der Waals surface area contributed by atoms with Crippen molar-refractivity contribution in [1.29, 1.82) is 0 Å². The summed E-state index contributed by atoms with van der Waals surface area (Å²) in [5, 5.41) is 12.8. The number of anilines is 1. The second-order valence-electron chi connectivity index (χ2n) is 5.85. The normalized spacial score (nSPS) is 10.8. The van der Waals surface area contributed by atoms with Gasteiger partial charge in [-0.15, -0.1) is 10.2 Å². The Labute approximate surface area is 157 Å². The van der Waals surface area contributed by atoms with E-state index >= 15 is 0 Å². The van der Waals surface area contributed by atoms with E-state index in [0.717, 1.165) is 28.1 Å². The van der Waals surface area contributed by atoms with E-state index in [2.05, 4.69) is 25.7 Å². The monoisotopic (exact) mass is 351 g/mol. The highest BCUT2D eigenvalue weighted by atomic mass is 15.4. The zero-order chi connectivity index (χ0) is 18.3. The number of nitrogens with one attached hydrogen (secondary N) is 1. The van der Waals surface area contributed by atoms with Crippen LogP contribution in [0.3, 0.4) is 0 Å². The summed E-state index contributed by atoms with van der Waals surface area (Å²) in [6.07, 6.45) is 1.72. The van der Waals surface area contributed by atoms with Crippen LogP contribution in [0.2, 0.25) is 0 Å². The topological polar surface area (TPSA) is 63.1 Å². The first-order valence-electron chi connectivity index (χ1n) is 8.60. The van der Waals surface area contributed by atoms with E-state index in [1.165, 1.54) is 0 Å². The Balaban J connectivity index is 1.68. The molecule has 0 amide bonds. The molecule has 0 atom stereocenters. The fourth-order valence-electron chi connectivity index (χ4n) is 2.66. The number of hydrogen-bond donors (Lipinski definition) is 1. The first kappa shape index (κ1) is 16.6. The van der Waals surface area contributed by atoms with E-state index in [4.69, 9.17) is 0 Å². The van der Waals surface area contributed by atoms with E-state index < -0.39 is 0 Å². The highest BCUT2D eigenvalue weighted by Gasteiger charge is 2.13. The molecule has 130 valence electrons. The predicted octanol–water partition coefficient (Wildman–Crippen LogP) is 4.65. The van der Waals surface area contributed by atoms with Crippen LogP contribution in [0.15, 0.2) is 96.1 Å². The van der Waals surface area contributed by atoms with Crippen LogP contribution in [0.25, 0.3) is 22.5 Å². The summed E-state index contributed by atoms with van der Waals surface area (Å²) in [7, 11) is 0. The third-order valence-corrected chi connectivity index (χ3v) is 3.96. The molecule has 0 unspecified atom stereocenters. The van der Waals surface area contributed by atoms with Crippen molar-refractivity contribution in [3.63, 3.8) is 0 Å². The molecule has 0 aliphatic carbocycles. The summed E-state index contributed by atoms with van der Waals surface area (Å²) in [6, 6.07) is 29.7. The lowest BCUT2D eigenvalue weighted by atomic mass is 10.0. The van der Waals surface area contributed by atoms with Crippen molar-refractivity contribution < 1.29 is 0 Å². The Morgan fingerprint density at radius 1 is 0.630 bits per heavy atom. The van der Waals surface area contributed by atoms with Gasteiger partial charge in [0.05, 0.1) is 6.21 Å². The molecule has 0 bridgehead atoms. The smallest absolute Gasteiger partial charge is 0.244 e. The van der Waals surface area contributed by atoms with Gasteiger partial charge in [-0.2, -0.15) is 5.10 Å². The Kier molecular flexibility index (Phi) is 4.93. The quantitative estimate of drug-likeness (QED) is 0.420. The molecule has 0 aliphatic heterocycles. The van der Waals surface area contributed by atoms with Crippen LogP contribution >= 0.6 is 0 Å². The summed E-state index contributed by atoms with van der Waals surface area (Å²) in [4.78, 5) is 4.65. The minimum Gasteiger partial charge on any atom is -0.244 e. The molecule has 0 fully saturated rings. The van der Waals surface area contributed by atoms with Gasteiger partial charge < -0.3 is 0 Å². The summed E-state index contributed by atoms with van der Waals surface area (Å²) in [5.41, 5.74) is 7.29. The van der Waals surface area contributed by atoms with Gasteiger partial charge in [0.15, 0.2) is 0 Å². The Morgan fingerprint density at radius 3 is 1.81 bits per heavy atom. The number of nitrogens with zero attached hydrogens (tertiary/aromatic N) is 4. The van der Waals surface area contributed by atoms with E-state index in [-0.39, 0.29) is 0 Å². The standard InChI is InChI=1S/C22H17N5/c1-4-10-17(11-5-1)16-23-26-22-24-20(18-12-6-2-7-13-18)21(25-27-22)19-14-8-3-9-15-19/h1-16H,(H,24,26,27)/b23-16+. The number of hydrazone groups is 1. The van der Waals surface area contributed by atoms with Gasteiger partial charge in [0.25, 0.3) is 5.95 Å². The van der Waals surface area contributed by atoms with E-state index in [0.29, 0.717) is 5.95 Å². The van der Waals surface area contributed by atoms with Crippen molar-refractivity contribution in [2.45, 2.75) is 0 Å². The molecule has 0 radical (unpaired) electrons. The summed E-state index contributed by atoms with van der Waals surface area (Å²) in [6.45, 7) is 0. The molecule has 3 aromatic carbocycles. The average molecular weight is 351 g/mol. The van der Waals surface area contributed by atoms with Crippen molar-refractivity contribution in [1.82, 2.24) is 15.2 Å². The van der Waals surface area contributed by atoms with Gasteiger partial charge in [0, 0.05) is 11.1 Å². The fourth-order valence-corrected chi connectivity index (χ4v) is 2.66. The molecule has 0 aliphatic rings. The van der Waals surface area contributed by atoms with Gasteiger partial charge in [-0.05, 0) is 5.56 Å². The van der Waals surface area contributed by atoms with Crippen molar-refractivity contribution in [2.75, 3.05) is 5.43 Å². The van der Waals surface area contributed by atoms with Gasteiger partial charge in [-0.25, -0.2) is 10.4 Å². The van der Waals surface area contributed by atoms with Crippen LogP contribution in [-0.4, -0.2) is 21.4 Å². The lowest BCUT2D eigenvalue weighted by Gasteiger charge is -2.09. The van der Waals surface area contributed by atoms with Crippen LogP contribution in [0, 0.1) is 0 Å². The largest absolute Gasteiger partial charge is 0.263 e. The first-order valence-corrected chi connectivity index (χ1v) is 8.60. The van der Waals surface area contributed by atoms with Gasteiger partial charge in [0.1, 0.15) is 11.4 Å². The maximum atomic E-state index is 4.65. The maximum Gasteiger partial charge on any atom is 0.263 e. The van der Waals surface area contributed by atoms with Crippen LogP contribution in [0.4, 0.5) is 5.95 Å². The molecule has 1 heterocycles. The molecular formula is C22H17N5. The Hall–Kier alpha value is -3.86. The van der Waals surface area contributed by atoms with Crippen molar-refractivity contribution >= 4 is 12.2 Å². The van der Waals surface area contributed by atoms with Crippen LogP contribution in [0.5, 0.6) is 0 Å². The SMILES string of the molecule is C(=N\Nc1nnc(-c2ccccc2)c(-c2ccccc2)n1)/c1ccccc1. The van der Waals surface area contributed by atoms with Crippen molar-refractivity contribution in [3.8, 4) is 22.5 Å². The highest BCUT2D eigenvalue weighted by molar-refractivity contribution is 5.80. The van der Waals surface area contributed by atoms with Crippen molar-refractivity contribution in [2.24, 2.45) is 5.10 Å². The molecule has 5 heteroatoms. The second-order valence-corrected chi connectivity index (χ2v) is 5.85. The fraction of sp³-hybridized carbons (Fsp3) is 0. The maximum absolute atomic E-state index is 4.65. The van der Waals surface area contributed by atoms with Crippen molar-refractivity contribution in [3.05, 3.63) is 96.6 Å². The Bertz CT molecular complexity index is 1030. The molecule has 0 saturated carbocycles. The molecule has 1 aromatic heterocycles. The van der Waals surface area contributed by atoms with E-state index in [1.54, 1.807) is 6.21 Å². The molecule has 4 rings (SSSR count). The summed E-state index contributed by atoms with van der Waals surface area (Å²) >= 11 is 0. The summed E-state index contributed by atoms with van der Waals surface area (Å²) in [5.74, 6) is 0.348. The van der Waals surface area contributed by atoms with Gasteiger partial charge in [0.2, 0.25) is 0 Å². The number of aromatic nitrogens is 3. The number of benzene rings is 3. The molecule has 1 N–H and O–H groups in total. The van der Waals surface area contributed by atoms with Crippen LogP contribution in [-0.2, 0) is 0 Å². The zero-order valence-corrected chi connectivity index (χ0v) is 14.5. The molecule has 0 saturated heterocycles. The minimum absolute atomic E-state index is 0.348. The Morgan fingerprint density at radius 2 is 1.19 bits per heavy atom. The summed E-state index contributed by atoms with van der Waals surface area (Å²) < 4.78 is 0. The molecule has 27 heavy (non-hydrogen) atoms. The van der Waals surface area contributed by atoms with Gasteiger partial charge in [-0.3, -0.25) is 0 Å². The highest BCUT2D eigenvalue weighted by Crippen LogP contribution is 2.28. The molecule has 0 spiro atoms. The van der Waals surface area contributed by atoms with E-state index in [1.807, 2.05) is 91.0 Å². The third-order valence-electron chi connectivity index (χ3n) is 3.96. The van der Waals surface area contributed by atoms with Gasteiger partial charge >= 0.3 is 0 Å². The second kappa shape index (κ2) is 8.01. The van der Waals surface area contributed by atoms with E-state index in [9.17, 15) is 0 Å². The van der Waals surface area contributed by atoms with Gasteiger partial charge in [-0.1, -0.05) is 91.0 Å².